The summed E-state index contributed by atoms with van der Waals surface area (Å²) in [5.41, 5.74) is -0.135. The van der Waals surface area contributed by atoms with Gasteiger partial charge in [-0.2, -0.15) is 13.2 Å². The number of pyridine rings is 1. The van der Waals surface area contributed by atoms with Crippen molar-refractivity contribution < 1.29 is 27.5 Å². The highest BCUT2D eigenvalue weighted by molar-refractivity contribution is 5.91. The van der Waals surface area contributed by atoms with Crippen LogP contribution in [0.2, 0.25) is 0 Å². The van der Waals surface area contributed by atoms with E-state index in [9.17, 15) is 22.8 Å². The summed E-state index contributed by atoms with van der Waals surface area (Å²) in [5.74, 6) is -0.762. The van der Waals surface area contributed by atoms with Crippen molar-refractivity contribution in [3.8, 4) is 5.75 Å². The van der Waals surface area contributed by atoms with Gasteiger partial charge in [-0.1, -0.05) is 0 Å². The monoisotopic (exact) mass is 397 g/mol. The largest absolute Gasteiger partial charge is 0.482 e. The van der Waals surface area contributed by atoms with Gasteiger partial charge in [-0.15, -0.1) is 0 Å². The Morgan fingerprint density at radius 1 is 1.04 bits per heavy atom. The Hall–Kier alpha value is -3.24. The predicted octanol–water partition coefficient (Wildman–Crippen LogP) is 1.51. The molecule has 0 fully saturated rings. The fourth-order valence-corrected chi connectivity index (χ4v) is 1.95. The van der Waals surface area contributed by atoms with Gasteiger partial charge >= 0.3 is 6.18 Å². The fraction of sp³-hybridized carbons (Fsp3) is 0.353. The van der Waals surface area contributed by atoms with E-state index >= 15 is 0 Å². The summed E-state index contributed by atoms with van der Waals surface area (Å²) < 4.78 is 42.3. The Morgan fingerprint density at radius 2 is 1.79 bits per heavy atom. The van der Waals surface area contributed by atoms with Crippen LogP contribution in [0.25, 0.3) is 0 Å². The van der Waals surface area contributed by atoms with Crippen LogP contribution in [0.15, 0.2) is 30.7 Å². The second kappa shape index (κ2) is 9.62. The molecule has 0 aliphatic heterocycles. The molecule has 0 saturated carbocycles. The van der Waals surface area contributed by atoms with Gasteiger partial charge in [0.15, 0.2) is 6.61 Å². The van der Waals surface area contributed by atoms with Gasteiger partial charge in [-0.3, -0.25) is 14.6 Å². The number of carbonyl (C=O) groups is 2. The Labute approximate surface area is 158 Å². The molecule has 0 atom stereocenters. The highest BCUT2D eigenvalue weighted by Crippen LogP contribution is 2.28. The smallest absolute Gasteiger partial charge is 0.433 e. The number of halogens is 3. The van der Waals surface area contributed by atoms with Crippen molar-refractivity contribution in [1.82, 2.24) is 25.6 Å². The Kier molecular flexibility index (Phi) is 7.24. The second-order valence-corrected chi connectivity index (χ2v) is 5.67. The number of aromatic nitrogens is 3. The summed E-state index contributed by atoms with van der Waals surface area (Å²) >= 11 is 0. The summed E-state index contributed by atoms with van der Waals surface area (Å²) in [7, 11) is 0. The molecule has 0 aliphatic rings. The van der Waals surface area contributed by atoms with E-state index in [-0.39, 0.29) is 30.5 Å². The molecule has 2 amide bonds. The molecule has 150 valence electrons. The van der Waals surface area contributed by atoms with Crippen molar-refractivity contribution in [2.24, 2.45) is 0 Å². The van der Waals surface area contributed by atoms with E-state index in [1.54, 1.807) is 6.92 Å². The maximum Gasteiger partial charge on any atom is 0.433 e. The summed E-state index contributed by atoms with van der Waals surface area (Å²) in [4.78, 5) is 34.6. The molecule has 0 spiro atoms. The van der Waals surface area contributed by atoms with Crippen LogP contribution in [0.1, 0.15) is 28.3 Å². The van der Waals surface area contributed by atoms with E-state index in [1.807, 2.05) is 0 Å². The van der Waals surface area contributed by atoms with Gasteiger partial charge in [-0.05, 0) is 25.5 Å². The van der Waals surface area contributed by atoms with Crippen LogP contribution in [-0.2, 0) is 11.0 Å². The molecule has 0 radical (unpaired) electrons. The molecule has 28 heavy (non-hydrogen) atoms. The molecule has 0 saturated heterocycles. The highest BCUT2D eigenvalue weighted by atomic mass is 19.4. The summed E-state index contributed by atoms with van der Waals surface area (Å²) in [6, 6.07) is 1.86. The number of nitrogens with zero attached hydrogens (tertiary/aromatic N) is 3. The minimum atomic E-state index is -4.53. The number of amides is 2. The topological polar surface area (TPSA) is 106 Å². The summed E-state index contributed by atoms with van der Waals surface area (Å²) in [6.45, 7) is 2.00. The zero-order valence-corrected chi connectivity index (χ0v) is 14.9. The average molecular weight is 397 g/mol. The number of nitrogens with one attached hydrogen (secondary N) is 2. The van der Waals surface area contributed by atoms with E-state index in [0.717, 1.165) is 18.3 Å². The quantitative estimate of drug-likeness (QED) is 0.654. The van der Waals surface area contributed by atoms with Crippen molar-refractivity contribution in [3.05, 3.63) is 47.8 Å². The van der Waals surface area contributed by atoms with Gasteiger partial charge in [0.25, 0.3) is 11.8 Å². The number of ether oxygens (including phenoxy) is 1. The zero-order chi connectivity index (χ0) is 20.6. The lowest BCUT2D eigenvalue weighted by atomic mass is 10.3. The molecule has 2 rings (SSSR count). The summed E-state index contributed by atoms with van der Waals surface area (Å²) in [5, 5.41) is 5.21. The van der Waals surface area contributed by atoms with Crippen molar-refractivity contribution in [1.29, 1.82) is 0 Å². The molecule has 0 aromatic carbocycles. The lowest BCUT2D eigenvalue weighted by molar-refractivity contribution is -0.141. The van der Waals surface area contributed by atoms with E-state index in [0.29, 0.717) is 18.7 Å². The normalized spacial score (nSPS) is 11.0. The standard InChI is InChI=1S/C17H18F3N5O3/c1-11-7-24-13(9-23-11)16(27)22-6-2-5-21-15(26)10-28-12-3-4-14(25-8-12)17(18,19)20/h3-4,7-9H,2,5-6,10H2,1H3,(H,21,26)(H,22,27). The molecule has 0 aliphatic carbocycles. The first-order valence-corrected chi connectivity index (χ1v) is 8.25. The van der Waals surface area contributed by atoms with Gasteiger partial charge < -0.3 is 15.4 Å². The fourth-order valence-electron chi connectivity index (χ4n) is 1.95. The van der Waals surface area contributed by atoms with Crippen molar-refractivity contribution in [3.63, 3.8) is 0 Å². The lowest BCUT2D eigenvalue weighted by Crippen LogP contribution is -2.32. The third kappa shape index (κ3) is 6.82. The lowest BCUT2D eigenvalue weighted by Gasteiger charge is -2.09. The first kappa shape index (κ1) is 21.1. The number of alkyl halides is 3. The van der Waals surface area contributed by atoms with Gasteiger partial charge in [0.2, 0.25) is 0 Å². The third-order valence-electron chi connectivity index (χ3n) is 3.37. The Balaban J connectivity index is 1.61. The first-order chi connectivity index (χ1) is 13.3. The van der Waals surface area contributed by atoms with Gasteiger partial charge in [0, 0.05) is 19.3 Å². The van der Waals surface area contributed by atoms with Crippen LogP contribution in [0.4, 0.5) is 13.2 Å². The van der Waals surface area contributed by atoms with Crippen molar-refractivity contribution in [2.75, 3.05) is 19.7 Å². The minimum absolute atomic E-state index is 0.0506. The maximum atomic E-state index is 12.4. The van der Waals surface area contributed by atoms with Crippen LogP contribution in [-0.4, -0.2) is 46.5 Å². The molecule has 2 N–H and O–H groups in total. The Bertz CT molecular complexity index is 795. The Morgan fingerprint density at radius 3 is 2.39 bits per heavy atom. The average Bonchev–Trinajstić information content (AvgIpc) is 2.66. The molecule has 2 aromatic heterocycles. The molecular weight excluding hydrogens is 379 g/mol. The van der Waals surface area contributed by atoms with Gasteiger partial charge in [0.1, 0.15) is 17.1 Å². The molecule has 2 aromatic rings. The molecule has 8 nitrogen and oxygen atoms in total. The van der Waals surface area contributed by atoms with E-state index in [1.165, 1.54) is 12.4 Å². The molecule has 2 heterocycles. The SMILES string of the molecule is Cc1cnc(C(=O)NCCCNC(=O)COc2ccc(C(F)(F)F)nc2)cn1. The van der Waals surface area contributed by atoms with Gasteiger partial charge in [0.05, 0.1) is 18.1 Å². The highest BCUT2D eigenvalue weighted by Gasteiger charge is 2.32. The molecule has 0 bridgehead atoms. The van der Waals surface area contributed by atoms with E-state index in [4.69, 9.17) is 4.74 Å². The first-order valence-electron chi connectivity index (χ1n) is 8.25. The van der Waals surface area contributed by atoms with Crippen LogP contribution in [0.5, 0.6) is 5.75 Å². The molecule has 11 heteroatoms. The van der Waals surface area contributed by atoms with Crippen molar-refractivity contribution in [2.45, 2.75) is 19.5 Å². The predicted molar refractivity (Wildman–Crippen MR) is 91.5 cm³/mol. The maximum absolute atomic E-state index is 12.4. The molecular formula is C17H18F3N5O3. The number of aryl methyl sites for hydroxylation is 1. The van der Waals surface area contributed by atoms with Crippen LogP contribution in [0.3, 0.4) is 0 Å². The van der Waals surface area contributed by atoms with E-state index in [2.05, 4.69) is 25.6 Å². The van der Waals surface area contributed by atoms with Crippen molar-refractivity contribution >= 4 is 11.8 Å². The number of carbonyl (C=O) groups excluding carboxylic acids is 2. The van der Waals surface area contributed by atoms with Crippen LogP contribution in [0, 0.1) is 6.92 Å². The number of rotatable bonds is 8. The minimum Gasteiger partial charge on any atom is -0.482 e. The van der Waals surface area contributed by atoms with Crippen LogP contribution >= 0.6 is 0 Å². The van der Waals surface area contributed by atoms with E-state index < -0.39 is 17.8 Å². The number of hydrogen-bond donors (Lipinski definition) is 2. The molecule has 0 unspecified atom stereocenters. The summed E-state index contributed by atoms with van der Waals surface area (Å²) in [6.07, 6.45) is -0.295. The number of hydrogen-bond acceptors (Lipinski definition) is 6. The zero-order valence-electron chi connectivity index (χ0n) is 14.9. The second-order valence-electron chi connectivity index (χ2n) is 5.67. The third-order valence-corrected chi connectivity index (χ3v) is 3.37. The van der Waals surface area contributed by atoms with Gasteiger partial charge in [-0.25, -0.2) is 9.97 Å². The van der Waals surface area contributed by atoms with Crippen LogP contribution < -0.4 is 15.4 Å².